The molecule has 30 heavy (non-hydrogen) atoms. The summed E-state index contributed by atoms with van der Waals surface area (Å²) in [6.07, 6.45) is 0. The van der Waals surface area contributed by atoms with Gasteiger partial charge in [0.25, 0.3) is 20.2 Å². The maximum atomic E-state index is 12.7. The van der Waals surface area contributed by atoms with E-state index in [2.05, 4.69) is 10.2 Å². The molecule has 10 nitrogen and oxygen atoms in total. The molecule has 0 atom stereocenters. The van der Waals surface area contributed by atoms with Crippen LogP contribution < -0.4 is 69.3 Å². The molecule has 14 heteroatoms. The number of azo groups is 1. The zero-order valence-corrected chi connectivity index (χ0v) is 21.3. The van der Waals surface area contributed by atoms with Gasteiger partial charge >= 0.3 is 59.1 Å². The number of fused-ring (bicyclic) bond motifs is 1. The zero-order valence-electron chi connectivity index (χ0n) is 15.7. The Labute approximate surface area is 215 Å². The van der Waals surface area contributed by atoms with Crippen LogP contribution in [-0.2, 0) is 20.2 Å². The van der Waals surface area contributed by atoms with Gasteiger partial charge in [-0.3, -0.25) is 9.11 Å². The third kappa shape index (κ3) is 5.79. The summed E-state index contributed by atoms with van der Waals surface area (Å²) >= 11 is 0. The Kier molecular flexibility index (Phi) is 9.03. The zero-order chi connectivity index (χ0) is 20.7. The summed E-state index contributed by atoms with van der Waals surface area (Å²) in [5, 5.41) is 31.2. The quantitative estimate of drug-likeness (QED) is 0.220. The maximum Gasteiger partial charge on any atom is 1.00 e. The molecule has 0 aliphatic rings. The van der Waals surface area contributed by atoms with E-state index in [1.165, 1.54) is 12.1 Å². The third-order valence-corrected chi connectivity index (χ3v) is 5.36. The van der Waals surface area contributed by atoms with Gasteiger partial charge in [0, 0.05) is 0 Å². The SMILES string of the molecule is O=S(=O)(O)c1cc([O-])c2c([O-])c(N=Nc3ccccc3)c(S(=O)(=O)O)cc2c1.[Na+].[Na+]. The van der Waals surface area contributed by atoms with Crippen molar-refractivity contribution in [2.24, 2.45) is 10.2 Å². The van der Waals surface area contributed by atoms with Gasteiger partial charge in [-0.2, -0.15) is 21.9 Å². The van der Waals surface area contributed by atoms with E-state index >= 15 is 0 Å². The van der Waals surface area contributed by atoms with Crippen molar-refractivity contribution in [3.63, 3.8) is 0 Å². The Hall–Kier alpha value is -1.06. The normalized spacial score (nSPS) is 11.8. The summed E-state index contributed by atoms with van der Waals surface area (Å²) in [5.74, 6) is -2.25. The fraction of sp³-hybridized carbons (Fsp3) is 0. The van der Waals surface area contributed by atoms with Gasteiger partial charge in [0.15, 0.2) is 0 Å². The van der Waals surface area contributed by atoms with Crippen molar-refractivity contribution in [1.29, 1.82) is 0 Å². The summed E-state index contributed by atoms with van der Waals surface area (Å²) in [6, 6.07) is 9.91. The molecule has 0 unspecified atom stereocenters. The van der Waals surface area contributed by atoms with E-state index in [0.29, 0.717) is 12.1 Å². The van der Waals surface area contributed by atoms with E-state index in [-0.39, 0.29) is 64.8 Å². The predicted octanol–water partition coefficient (Wildman–Crippen LogP) is -4.10. The Morgan fingerprint density at radius 3 is 1.93 bits per heavy atom. The summed E-state index contributed by atoms with van der Waals surface area (Å²) in [6.45, 7) is 0. The monoisotopic (exact) mass is 468 g/mol. The molecule has 0 aromatic heterocycles. The smallest absolute Gasteiger partial charge is 0.872 e. The molecule has 0 aliphatic heterocycles. The van der Waals surface area contributed by atoms with Crippen molar-refractivity contribution in [2.75, 3.05) is 0 Å². The second-order valence-corrected chi connectivity index (χ2v) is 8.37. The minimum Gasteiger partial charge on any atom is -0.872 e. The Balaban J connectivity index is 0.00000225. The maximum absolute atomic E-state index is 12.7. The average molecular weight is 468 g/mol. The van der Waals surface area contributed by atoms with E-state index in [0.717, 1.165) is 6.07 Å². The van der Waals surface area contributed by atoms with E-state index < -0.39 is 58.0 Å². The topological polar surface area (TPSA) is 180 Å². The fourth-order valence-electron chi connectivity index (χ4n) is 2.45. The molecular weight excluding hydrogens is 458 g/mol. The first-order valence-corrected chi connectivity index (χ1v) is 10.3. The van der Waals surface area contributed by atoms with Gasteiger partial charge < -0.3 is 10.2 Å². The second kappa shape index (κ2) is 10.0. The van der Waals surface area contributed by atoms with Crippen LogP contribution in [0, 0.1) is 0 Å². The molecule has 0 amide bonds. The molecule has 0 bridgehead atoms. The van der Waals surface area contributed by atoms with Crippen molar-refractivity contribution in [2.45, 2.75) is 9.79 Å². The van der Waals surface area contributed by atoms with Gasteiger partial charge in [0.05, 0.1) is 16.3 Å². The molecule has 0 heterocycles. The van der Waals surface area contributed by atoms with Gasteiger partial charge in [-0.05, 0) is 41.1 Å². The van der Waals surface area contributed by atoms with E-state index in [9.17, 15) is 31.6 Å². The van der Waals surface area contributed by atoms with E-state index in [4.69, 9.17) is 4.55 Å². The number of rotatable bonds is 4. The van der Waals surface area contributed by atoms with Crippen LogP contribution in [0.25, 0.3) is 10.8 Å². The summed E-state index contributed by atoms with van der Waals surface area (Å²) < 4.78 is 64.4. The summed E-state index contributed by atoms with van der Waals surface area (Å²) in [5.41, 5.74) is -0.539. The summed E-state index contributed by atoms with van der Waals surface area (Å²) in [7, 11) is -9.77. The van der Waals surface area contributed by atoms with Crippen molar-refractivity contribution >= 4 is 42.4 Å². The molecule has 146 valence electrons. The van der Waals surface area contributed by atoms with Crippen molar-refractivity contribution in [3.05, 3.63) is 48.5 Å². The Morgan fingerprint density at radius 1 is 0.800 bits per heavy atom. The number of hydrogen-bond acceptors (Lipinski definition) is 8. The van der Waals surface area contributed by atoms with E-state index in [1.807, 2.05) is 0 Å². The largest absolute Gasteiger partial charge is 1.00 e. The third-order valence-electron chi connectivity index (χ3n) is 3.67. The van der Waals surface area contributed by atoms with Crippen LogP contribution in [0.3, 0.4) is 0 Å². The minimum atomic E-state index is -4.98. The molecule has 3 aromatic carbocycles. The fourth-order valence-corrected chi connectivity index (χ4v) is 3.64. The van der Waals surface area contributed by atoms with Crippen LogP contribution in [0.2, 0.25) is 0 Å². The molecule has 0 saturated carbocycles. The van der Waals surface area contributed by atoms with Crippen molar-refractivity contribution < 1.29 is 95.3 Å². The summed E-state index contributed by atoms with van der Waals surface area (Å²) in [4.78, 5) is -1.79. The van der Waals surface area contributed by atoms with Crippen LogP contribution in [0.5, 0.6) is 11.5 Å². The molecule has 2 N–H and O–H groups in total. The minimum absolute atomic E-state index is 0. The molecule has 3 rings (SSSR count). The molecular formula is C16H10N2Na2O8S2. The van der Waals surface area contributed by atoms with Crippen LogP contribution >= 0.6 is 0 Å². The van der Waals surface area contributed by atoms with Crippen molar-refractivity contribution in [3.8, 4) is 11.5 Å². The van der Waals surface area contributed by atoms with E-state index in [1.54, 1.807) is 18.2 Å². The molecule has 0 spiro atoms. The molecule has 0 radical (unpaired) electrons. The van der Waals surface area contributed by atoms with Crippen LogP contribution in [0.15, 0.2) is 68.6 Å². The first kappa shape index (κ1) is 27.0. The number of benzene rings is 3. The predicted molar refractivity (Wildman–Crippen MR) is 93.1 cm³/mol. The van der Waals surface area contributed by atoms with Gasteiger partial charge in [-0.25, -0.2) is 0 Å². The standard InChI is InChI=1S/C16H12N2O8S2.2Na/c19-12-8-11(27(21,22)23)6-9-7-13(28(24,25)26)15(16(20)14(9)12)18-17-10-4-2-1-3-5-10;;/h1-8,19-20H,(H,21,22,23)(H,24,25,26);;/q;2*+1/p-2. The Bertz CT molecular complexity index is 1330. The molecule has 0 aliphatic carbocycles. The first-order valence-electron chi connectivity index (χ1n) is 7.39. The van der Waals surface area contributed by atoms with Crippen LogP contribution in [0.4, 0.5) is 11.4 Å². The average Bonchev–Trinajstić information content (AvgIpc) is 2.59. The van der Waals surface area contributed by atoms with Gasteiger partial charge in [-0.1, -0.05) is 23.9 Å². The van der Waals surface area contributed by atoms with Crippen molar-refractivity contribution in [1.82, 2.24) is 0 Å². The Morgan fingerprint density at radius 2 is 1.40 bits per heavy atom. The second-order valence-electron chi connectivity index (χ2n) is 5.56. The number of hydrogen-bond donors (Lipinski definition) is 2. The first-order chi connectivity index (χ1) is 13.0. The van der Waals surface area contributed by atoms with Crippen LogP contribution in [-0.4, -0.2) is 25.9 Å². The van der Waals surface area contributed by atoms with Gasteiger partial charge in [0.1, 0.15) is 4.90 Å². The molecule has 0 saturated heterocycles. The van der Waals surface area contributed by atoms with Crippen LogP contribution in [0.1, 0.15) is 0 Å². The molecule has 0 fully saturated rings. The van der Waals surface area contributed by atoms with Gasteiger partial charge in [-0.15, -0.1) is 10.9 Å². The number of nitrogens with zero attached hydrogens (tertiary/aromatic N) is 2. The van der Waals surface area contributed by atoms with Gasteiger partial charge in [0.2, 0.25) is 0 Å². The molecule has 3 aromatic rings.